The van der Waals surface area contributed by atoms with Crippen molar-refractivity contribution in [2.45, 2.75) is 16.7 Å². The standard InChI is InChI=1S/C22H20O2S/c1-23-17-9-12-19-21(13-17)24-14-20(15-5-3-2-4-6-15)22(19)16-7-10-18(25)11-8-16/h2-13,20,22,25H,14H2,1H3/t20-,22-/m0/s1. The third-order valence-electron chi connectivity index (χ3n) is 4.86. The van der Waals surface area contributed by atoms with Crippen molar-refractivity contribution in [2.75, 3.05) is 13.7 Å². The molecular formula is C22H20O2S. The molecule has 0 spiro atoms. The van der Waals surface area contributed by atoms with Gasteiger partial charge in [0.05, 0.1) is 13.7 Å². The lowest BCUT2D eigenvalue weighted by Crippen LogP contribution is -2.25. The van der Waals surface area contributed by atoms with E-state index < -0.39 is 0 Å². The molecule has 3 aromatic rings. The number of hydrogen-bond donors (Lipinski definition) is 1. The van der Waals surface area contributed by atoms with Crippen molar-refractivity contribution in [2.24, 2.45) is 0 Å². The van der Waals surface area contributed by atoms with Gasteiger partial charge in [-0.3, -0.25) is 0 Å². The van der Waals surface area contributed by atoms with E-state index in [-0.39, 0.29) is 11.8 Å². The Balaban J connectivity index is 1.84. The summed E-state index contributed by atoms with van der Waals surface area (Å²) in [6.07, 6.45) is 0. The molecule has 0 radical (unpaired) electrons. The van der Waals surface area contributed by atoms with E-state index in [1.807, 2.05) is 12.1 Å². The summed E-state index contributed by atoms with van der Waals surface area (Å²) in [5.74, 6) is 2.24. The van der Waals surface area contributed by atoms with Crippen molar-refractivity contribution in [3.63, 3.8) is 0 Å². The van der Waals surface area contributed by atoms with E-state index in [0.29, 0.717) is 6.61 Å². The van der Waals surface area contributed by atoms with E-state index in [2.05, 4.69) is 73.3 Å². The lowest BCUT2D eigenvalue weighted by atomic mass is 9.76. The highest BCUT2D eigenvalue weighted by Crippen LogP contribution is 2.46. The predicted molar refractivity (Wildman–Crippen MR) is 103 cm³/mol. The van der Waals surface area contributed by atoms with Gasteiger partial charge in [0.15, 0.2) is 0 Å². The van der Waals surface area contributed by atoms with Crippen LogP contribution in [0.25, 0.3) is 0 Å². The van der Waals surface area contributed by atoms with E-state index in [4.69, 9.17) is 9.47 Å². The second kappa shape index (κ2) is 6.85. The smallest absolute Gasteiger partial charge is 0.126 e. The second-order valence-electron chi connectivity index (χ2n) is 6.30. The third kappa shape index (κ3) is 3.12. The Morgan fingerprint density at radius 3 is 2.40 bits per heavy atom. The molecule has 0 bridgehead atoms. The SMILES string of the molecule is COc1ccc2c(c1)OC[C@@H](c1ccccc1)[C@H]2c1ccc(S)cc1. The minimum atomic E-state index is 0.242. The Morgan fingerprint density at radius 2 is 1.68 bits per heavy atom. The maximum Gasteiger partial charge on any atom is 0.126 e. The molecule has 3 aromatic carbocycles. The van der Waals surface area contributed by atoms with E-state index in [1.165, 1.54) is 16.7 Å². The molecule has 1 aliphatic heterocycles. The largest absolute Gasteiger partial charge is 0.497 e. The normalized spacial score (nSPS) is 19.0. The average Bonchev–Trinajstić information content (AvgIpc) is 2.68. The highest BCUT2D eigenvalue weighted by atomic mass is 32.1. The Morgan fingerprint density at radius 1 is 0.920 bits per heavy atom. The zero-order valence-corrected chi connectivity index (χ0v) is 14.9. The monoisotopic (exact) mass is 348 g/mol. The maximum absolute atomic E-state index is 6.11. The molecule has 4 rings (SSSR count). The van der Waals surface area contributed by atoms with Crippen molar-refractivity contribution in [1.29, 1.82) is 0 Å². The quantitative estimate of drug-likeness (QED) is 0.648. The van der Waals surface area contributed by atoms with Crippen LogP contribution in [0.15, 0.2) is 77.7 Å². The minimum absolute atomic E-state index is 0.242. The number of hydrogen-bond acceptors (Lipinski definition) is 3. The summed E-state index contributed by atoms with van der Waals surface area (Å²) in [7, 11) is 1.68. The van der Waals surface area contributed by atoms with Crippen LogP contribution in [0.4, 0.5) is 0 Å². The van der Waals surface area contributed by atoms with Gasteiger partial charge < -0.3 is 9.47 Å². The fraction of sp³-hybridized carbons (Fsp3) is 0.182. The van der Waals surface area contributed by atoms with Crippen LogP contribution in [0, 0.1) is 0 Å². The Bertz CT molecular complexity index is 859. The Hall–Kier alpha value is -2.39. The fourth-order valence-electron chi connectivity index (χ4n) is 3.60. The van der Waals surface area contributed by atoms with Gasteiger partial charge in [-0.25, -0.2) is 0 Å². The van der Waals surface area contributed by atoms with E-state index in [0.717, 1.165) is 16.4 Å². The highest BCUT2D eigenvalue weighted by molar-refractivity contribution is 7.80. The number of ether oxygens (including phenoxy) is 2. The van der Waals surface area contributed by atoms with Gasteiger partial charge in [0.1, 0.15) is 11.5 Å². The maximum atomic E-state index is 6.11. The molecule has 0 aliphatic carbocycles. The average molecular weight is 348 g/mol. The van der Waals surface area contributed by atoms with Crippen LogP contribution >= 0.6 is 12.6 Å². The van der Waals surface area contributed by atoms with E-state index in [9.17, 15) is 0 Å². The molecule has 0 amide bonds. The molecule has 1 heterocycles. The number of rotatable bonds is 3. The van der Waals surface area contributed by atoms with E-state index in [1.54, 1.807) is 7.11 Å². The topological polar surface area (TPSA) is 18.5 Å². The first-order valence-corrected chi connectivity index (χ1v) is 8.85. The fourth-order valence-corrected chi connectivity index (χ4v) is 3.75. The molecule has 0 N–H and O–H groups in total. The Kier molecular flexibility index (Phi) is 4.41. The van der Waals surface area contributed by atoms with Crippen LogP contribution in [0.1, 0.15) is 28.5 Å². The highest BCUT2D eigenvalue weighted by Gasteiger charge is 2.33. The number of methoxy groups -OCH3 is 1. The molecule has 2 nitrogen and oxygen atoms in total. The first-order chi connectivity index (χ1) is 12.3. The molecule has 0 saturated heterocycles. The summed E-state index contributed by atoms with van der Waals surface area (Å²) in [6.45, 7) is 0.650. The van der Waals surface area contributed by atoms with Gasteiger partial charge in [-0.05, 0) is 29.3 Å². The summed E-state index contributed by atoms with van der Waals surface area (Å²) in [4.78, 5) is 0.974. The molecule has 126 valence electrons. The molecule has 3 heteroatoms. The van der Waals surface area contributed by atoms with Crippen LogP contribution in [-0.4, -0.2) is 13.7 Å². The summed E-state index contributed by atoms with van der Waals surface area (Å²) < 4.78 is 11.5. The molecule has 0 fully saturated rings. The molecule has 25 heavy (non-hydrogen) atoms. The molecular weight excluding hydrogens is 328 g/mol. The summed E-state index contributed by atoms with van der Waals surface area (Å²) >= 11 is 4.43. The summed E-state index contributed by atoms with van der Waals surface area (Å²) in [6, 6.07) is 25.2. The number of thiol groups is 1. The lowest BCUT2D eigenvalue weighted by molar-refractivity contribution is 0.247. The van der Waals surface area contributed by atoms with Gasteiger partial charge in [-0.2, -0.15) is 0 Å². The first kappa shape index (κ1) is 16.1. The first-order valence-electron chi connectivity index (χ1n) is 8.41. The lowest BCUT2D eigenvalue weighted by Gasteiger charge is -2.34. The van der Waals surface area contributed by atoms with Crippen molar-refractivity contribution in [3.05, 3.63) is 89.5 Å². The third-order valence-corrected chi connectivity index (χ3v) is 5.15. The van der Waals surface area contributed by atoms with Gasteiger partial charge in [-0.15, -0.1) is 12.6 Å². The summed E-state index contributed by atoms with van der Waals surface area (Å²) in [5.41, 5.74) is 3.78. The van der Waals surface area contributed by atoms with Gasteiger partial charge in [0.2, 0.25) is 0 Å². The van der Waals surface area contributed by atoms with Gasteiger partial charge in [0, 0.05) is 28.4 Å². The van der Waals surface area contributed by atoms with Crippen molar-refractivity contribution < 1.29 is 9.47 Å². The van der Waals surface area contributed by atoms with Crippen LogP contribution < -0.4 is 9.47 Å². The van der Waals surface area contributed by atoms with Gasteiger partial charge in [0.25, 0.3) is 0 Å². The molecule has 0 saturated carbocycles. The minimum Gasteiger partial charge on any atom is -0.497 e. The zero-order chi connectivity index (χ0) is 17.2. The number of fused-ring (bicyclic) bond motifs is 1. The predicted octanol–water partition coefficient (Wildman–Crippen LogP) is 5.29. The van der Waals surface area contributed by atoms with Crippen LogP contribution in [-0.2, 0) is 0 Å². The zero-order valence-electron chi connectivity index (χ0n) is 14.1. The Labute approximate surface area is 153 Å². The second-order valence-corrected chi connectivity index (χ2v) is 6.82. The van der Waals surface area contributed by atoms with Crippen LogP contribution in [0.2, 0.25) is 0 Å². The molecule has 2 atom stereocenters. The van der Waals surface area contributed by atoms with Gasteiger partial charge in [-0.1, -0.05) is 48.5 Å². The molecule has 0 unspecified atom stereocenters. The molecule has 1 aliphatic rings. The van der Waals surface area contributed by atoms with Crippen LogP contribution in [0.5, 0.6) is 11.5 Å². The van der Waals surface area contributed by atoms with Crippen molar-refractivity contribution in [1.82, 2.24) is 0 Å². The summed E-state index contributed by atoms with van der Waals surface area (Å²) in [5, 5.41) is 0. The molecule has 0 aromatic heterocycles. The van der Waals surface area contributed by atoms with Crippen molar-refractivity contribution in [3.8, 4) is 11.5 Å². The van der Waals surface area contributed by atoms with Crippen LogP contribution in [0.3, 0.4) is 0 Å². The number of benzene rings is 3. The van der Waals surface area contributed by atoms with E-state index >= 15 is 0 Å². The van der Waals surface area contributed by atoms with Gasteiger partial charge >= 0.3 is 0 Å². The van der Waals surface area contributed by atoms with Crippen molar-refractivity contribution >= 4 is 12.6 Å².